The van der Waals surface area contributed by atoms with Gasteiger partial charge < -0.3 is 15.3 Å². The fourth-order valence-corrected chi connectivity index (χ4v) is 2.37. The predicted octanol–water partition coefficient (Wildman–Crippen LogP) is 2.14. The minimum atomic E-state index is 0.0374. The molecule has 0 fully saturated rings. The lowest BCUT2D eigenvalue weighted by Crippen LogP contribution is -2.39. The molecule has 0 atom stereocenters. The van der Waals surface area contributed by atoms with Gasteiger partial charge in [-0.2, -0.15) is 0 Å². The van der Waals surface area contributed by atoms with Crippen molar-refractivity contribution in [3.8, 4) is 0 Å². The summed E-state index contributed by atoms with van der Waals surface area (Å²) < 4.78 is 0. The number of hydrogen-bond acceptors (Lipinski definition) is 3. The Labute approximate surface area is 117 Å². The maximum absolute atomic E-state index is 12.1. The Morgan fingerprint density at radius 1 is 1.05 bits per heavy atom. The number of nitrogens with zero attached hydrogens (tertiary/aromatic N) is 1. The van der Waals surface area contributed by atoms with E-state index >= 15 is 0 Å². The fraction of sp³-hybridized carbons (Fsp3) is 0.188. The van der Waals surface area contributed by atoms with Crippen LogP contribution in [0.25, 0.3) is 0 Å². The first-order valence-corrected chi connectivity index (χ1v) is 6.60. The molecule has 0 saturated carbocycles. The number of fused-ring (bicyclic) bond motifs is 1. The second-order valence-electron chi connectivity index (χ2n) is 4.83. The monoisotopic (exact) mass is 268 g/mol. The van der Waals surface area contributed by atoms with Gasteiger partial charge in [0.2, 0.25) is 5.91 Å². The molecule has 1 heterocycles. The fourth-order valence-electron chi connectivity index (χ4n) is 2.37. The van der Waals surface area contributed by atoms with Gasteiger partial charge in [0.05, 0.1) is 31.1 Å². The number of benzene rings is 2. The first-order chi connectivity index (χ1) is 9.78. The molecular weight excluding hydrogens is 252 g/mol. The third-order valence-electron chi connectivity index (χ3n) is 3.47. The highest BCUT2D eigenvalue weighted by molar-refractivity contribution is 6.02. The molecule has 0 bridgehead atoms. The van der Waals surface area contributed by atoms with Crippen molar-refractivity contribution in [2.75, 3.05) is 16.8 Å². The van der Waals surface area contributed by atoms with Crippen LogP contribution in [0.15, 0.2) is 48.5 Å². The first-order valence-electron chi connectivity index (χ1n) is 6.60. The van der Waals surface area contributed by atoms with Gasteiger partial charge in [-0.1, -0.05) is 36.4 Å². The zero-order chi connectivity index (χ0) is 13.9. The van der Waals surface area contributed by atoms with E-state index in [1.165, 1.54) is 0 Å². The summed E-state index contributed by atoms with van der Waals surface area (Å²) in [6.07, 6.45) is 0. The van der Waals surface area contributed by atoms with Gasteiger partial charge in [0.15, 0.2) is 0 Å². The molecule has 2 N–H and O–H groups in total. The Balaban J connectivity index is 1.87. The number of nitrogens with one attached hydrogen (secondary N) is 1. The van der Waals surface area contributed by atoms with Crippen LogP contribution in [0.1, 0.15) is 11.1 Å². The Hall–Kier alpha value is -2.33. The van der Waals surface area contributed by atoms with Crippen LogP contribution in [0.2, 0.25) is 0 Å². The molecule has 1 aliphatic heterocycles. The maximum atomic E-state index is 12.1. The molecule has 102 valence electrons. The van der Waals surface area contributed by atoms with Gasteiger partial charge in [0.25, 0.3) is 0 Å². The van der Waals surface area contributed by atoms with Crippen LogP contribution in [0.4, 0.5) is 11.4 Å². The molecule has 0 aliphatic carbocycles. The minimum Gasteiger partial charge on any atom is -0.392 e. The highest BCUT2D eigenvalue weighted by Crippen LogP contribution is 2.30. The molecular formula is C16H16N2O2. The van der Waals surface area contributed by atoms with Crippen LogP contribution in [-0.2, 0) is 17.9 Å². The number of carbonyl (C=O) groups excluding carboxylic acids is 1. The van der Waals surface area contributed by atoms with Crippen molar-refractivity contribution in [3.63, 3.8) is 0 Å². The number of rotatable bonds is 3. The number of hydrogen-bond donors (Lipinski definition) is 2. The van der Waals surface area contributed by atoms with Crippen LogP contribution in [0.3, 0.4) is 0 Å². The third-order valence-corrected chi connectivity index (χ3v) is 3.47. The van der Waals surface area contributed by atoms with Crippen molar-refractivity contribution in [2.45, 2.75) is 13.2 Å². The second kappa shape index (κ2) is 5.35. The van der Waals surface area contributed by atoms with E-state index in [0.29, 0.717) is 13.1 Å². The van der Waals surface area contributed by atoms with E-state index in [1.54, 1.807) is 4.90 Å². The molecule has 20 heavy (non-hydrogen) atoms. The molecule has 1 amide bonds. The average Bonchev–Trinajstić information content (AvgIpc) is 2.51. The van der Waals surface area contributed by atoms with Crippen molar-refractivity contribution in [1.29, 1.82) is 0 Å². The Kier molecular flexibility index (Phi) is 3.39. The van der Waals surface area contributed by atoms with Gasteiger partial charge in [-0.25, -0.2) is 0 Å². The number of carbonyl (C=O) groups is 1. The van der Waals surface area contributed by atoms with E-state index in [4.69, 9.17) is 5.11 Å². The lowest BCUT2D eigenvalue weighted by atomic mass is 10.1. The largest absolute Gasteiger partial charge is 0.392 e. The summed E-state index contributed by atoms with van der Waals surface area (Å²) in [5.41, 5.74) is 3.82. The van der Waals surface area contributed by atoms with Gasteiger partial charge in [-0.3, -0.25) is 4.79 Å². The number of anilines is 2. The summed E-state index contributed by atoms with van der Waals surface area (Å²) in [6, 6.07) is 15.5. The van der Waals surface area contributed by atoms with Crippen molar-refractivity contribution in [2.24, 2.45) is 0 Å². The summed E-state index contributed by atoms with van der Waals surface area (Å²) in [6.45, 7) is 0.907. The minimum absolute atomic E-state index is 0.0374. The smallest absolute Gasteiger partial charge is 0.246 e. The topological polar surface area (TPSA) is 52.6 Å². The summed E-state index contributed by atoms with van der Waals surface area (Å²) in [4.78, 5) is 13.9. The summed E-state index contributed by atoms with van der Waals surface area (Å²) >= 11 is 0. The van der Waals surface area contributed by atoms with Crippen LogP contribution in [-0.4, -0.2) is 17.6 Å². The molecule has 2 aromatic carbocycles. The predicted molar refractivity (Wildman–Crippen MR) is 78.5 cm³/mol. The Morgan fingerprint density at radius 3 is 2.50 bits per heavy atom. The lowest BCUT2D eigenvalue weighted by molar-refractivity contribution is -0.117. The van der Waals surface area contributed by atoms with Crippen molar-refractivity contribution in [3.05, 3.63) is 59.7 Å². The molecule has 0 radical (unpaired) electrons. The standard InChI is InChI=1S/C16H16N2O2/c19-11-13-7-5-12(6-8-13)10-18-15-4-2-1-3-14(15)17-9-16(18)20/h1-8,17,19H,9-11H2. The number of aliphatic hydroxyl groups is 1. The summed E-state index contributed by atoms with van der Waals surface area (Å²) in [5, 5.41) is 12.2. The Bertz CT molecular complexity index is 623. The van der Waals surface area contributed by atoms with Gasteiger partial charge in [0, 0.05) is 0 Å². The normalized spacial score (nSPS) is 13.8. The SMILES string of the molecule is O=C1CNc2ccccc2N1Cc1ccc(CO)cc1. The molecule has 4 heteroatoms. The van der Waals surface area contributed by atoms with Gasteiger partial charge in [-0.15, -0.1) is 0 Å². The first kappa shape index (κ1) is 12.7. The van der Waals surface area contributed by atoms with Crippen LogP contribution in [0, 0.1) is 0 Å². The van der Waals surface area contributed by atoms with E-state index in [0.717, 1.165) is 22.5 Å². The highest BCUT2D eigenvalue weighted by atomic mass is 16.3. The lowest BCUT2D eigenvalue weighted by Gasteiger charge is -2.30. The molecule has 1 aliphatic rings. The van der Waals surface area contributed by atoms with Crippen LogP contribution >= 0.6 is 0 Å². The van der Waals surface area contributed by atoms with E-state index < -0.39 is 0 Å². The van der Waals surface area contributed by atoms with Gasteiger partial charge >= 0.3 is 0 Å². The van der Waals surface area contributed by atoms with Crippen LogP contribution < -0.4 is 10.2 Å². The molecule has 0 aromatic heterocycles. The van der Waals surface area contributed by atoms with Gasteiger partial charge in [0.1, 0.15) is 0 Å². The van der Waals surface area contributed by atoms with Crippen molar-refractivity contribution >= 4 is 17.3 Å². The molecule has 2 aromatic rings. The second-order valence-corrected chi connectivity index (χ2v) is 4.83. The zero-order valence-corrected chi connectivity index (χ0v) is 11.0. The highest BCUT2D eigenvalue weighted by Gasteiger charge is 2.23. The number of amides is 1. The maximum Gasteiger partial charge on any atom is 0.246 e. The average molecular weight is 268 g/mol. The molecule has 0 spiro atoms. The number of para-hydroxylation sites is 2. The van der Waals surface area contributed by atoms with Crippen LogP contribution in [0.5, 0.6) is 0 Å². The third kappa shape index (κ3) is 2.38. The Morgan fingerprint density at radius 2 is 1.75 bits per heavy atom. The number of aliphatic hydroxyl groups excluding tert-OH is 1. The van der Waals surface area contributed by atoms with E-state index in [2.05, 4.69) is 5.32 Å². The van der Waals surface area contributed by atoms with E-state index in [9.17, 15) is 4.79 Å². The quantitative estimate of drug-likeness (QED) is 0.896. The summed E-state index contributed by atoms with van der Waals surface area (Å²) in [5.74, 6) is 0.0648. The molecule has 0 saturated heterocycles. The van der Waals surface area contributed by atoms with Crippen molar-refractivity contribution < 1.29 is 9.90 Å². The summed E-state index contributed by atoms with van der Waals surface area (Å²) in [7, 11) is 0. The van der Waals surface area contributed by atoms with Crippen molar-refractivity contribution in [1.82, 2.24) is 0 Å². The van der Waals surface area contributed by atoms with E-state index in [-0.39, 0.29) is 12.5 Å². The molecule has 3 rings (SSSR count). The van der Waals surface area contributed by atoms with E-state index in [1.807, 2.05) is 48.5 Å². The molecule has 4 nitrogen and oxygen atoms in total. The molecule has 0 unspecified atom stereocenters. The zero-order valence-electron chi connectivity index (χ0n) is 11.0. The van der Waals surface area contributed by atoms with Gasteiger partial charge in [-0.05, 0) is 23.3 Å².